The van der Waals surface area contributed by atoms with Gasteiger partial charge in [0.1, 0.15) is 11.6 Å². The molecular formula is C18H22F2N2O6. The standard InChI is InChI=1S/C18H22F2N2O6/c1-27-14-5-11(8-22(9-15(23)24)16(14)18(26)28-2)17(25)21-7-10-3-4-12(19)6-13(10)20/h3-4,6,8,14-16,23-24H,5,7,9H2,1-2H3,(H,21,25). The summed E-state index contributed by atoms with van der Waals surface area (Å²) in [6.45, 7) is -0.536. The summed E-state index contributed by atoms with van der Waals surface area (Å²) in [5, 5.41) is 21.1. The van der Waals surface area contributed by atoms with E-state index in [0.29, 0.717) is 6.07 Å². The van der Waals surface area contributed by atoms with Crippen molar-refractivity contribution in [2.75, 3.05) is 20.8 Å². The maximum absolute atomic E-state index is 13.7. The lowest BCUT2D eigenvalue weighted by Gasteiger charge is -2.38. The Morgan fingerprint density at radius 2 is 2.04 bits per heavy atom. The van der Waals surface area contributed by atoms with Gasteiger partial charge in [-0.2, -0.15) is 0 Å². The van der Waals surface area contributed by atoms with E-state index in [0.717, 1.165) is 6.07 Å². The minimum absolute atomic E-state index is 0.0476. The number of benzene rings is 1. The molecule has 1 aromatic carbocycles. The molecule has 0 fully saturated rings. The zero-order valence-electron chi connectivity index (χ0n) is 15.4. The van der Waals surface area contributed by atoms with Crippen LogP contribution in [0.3, 0.4) is 0 Å². The van der Waals surface area contributed by atoms with Gasteiger partial charge in [-0.15, -0.1) is 0 Å². The summed E-state index contributed by atoms with van der Waals surface area (Å²) in [5.41, 5.74) is 0.291. The van der Waals surface area contributed by atoms with Crippen molar-refractivity contribution in [1.82, 2.24) is 10.2 Å². The van der Waals surface area contributed by atoms with Crippen LogP contribution in [0.5, 0.6) is 0 Å². The van der Waals surface area contributed by atoms with Gasteiger partial charge in [-0.25, -0.2) is 13.6 Å². The Bertz CT molecular complexity index is 756. The Morgan fingerprint density at radius 3 is 2.61 bits per heavy atom. The lowest BCUT2D eigenvalue weighted by atomic mass is 9.96. The Hall–Kier alpha value is -2.56. The van der Waals surface area contributed by atoms with Crippen LogP contribution >= 0.6 is 0 Å². The first-order valence-electron chi connectivity index (χ1n) is 8.42. The van der Waals surface area contributed by atoms with E-state index >= 15 is 0 Å². The highest BCUT2D eigenvalue weighted by Gasteiger charge is 2.39. The second-order valence-corrected chi connectivity index (χ2v) is 6.20. The number of hydrogen-bond donors (Lipinski definition) is 3. The number of nitrogens with zero attached hydrogens (tertiary/aromatic N) is 1. The number of carbonyl (C=O) groups excluding carboxylic acids is 2. The Morgan fingerprint density at radius 1 is 1.32 bits per heavy atom. The Balaban J connectivity index is 2.18. The van der Waals surface area contributed by atoms with Gasteiger partial charge in [0.2, 0.25) is 5.91 Å². The first kappa shape index (κ1) is 21.7. The highest BCUT2D eigenvalue weighted by Crippen LogP contribution is 2.25. The summed E-state index contributed by atoms with van der Waals surface area (Å²) in [4.78, 5) is 25.8. The number of esters is 1. The first-order chi connectivity index (χ1) is 13.3. The molecule has 0 radical (unpaired) electrons. The van der Waals surface area contributed by atoms with Gasteiger partial charge in [0.25, 0.3) is 0 Å². The molecule has 2 unspecified atom stereocenters. The summed E-state index contributed by atoms with van der Waals surface area (Å²) in [7, 11) is 2.54. The maximum atomic E-state index is 13.7. The molecule has 0 saturated carbocycles. The number of β-amino-alcohol motifs (C(OH)–C–C–N with tert-alkyl or cyclic N) is 2. The molecular weight excluding hydrogens is 378 g/mol. The summed E-state index contributed by atoms with van der Waals surface area (Å²) in [5.74, 6) is -2.73. The molecule has 1 aliphatic rings. The van der Waals surface area contributed by atoms with Crippen molar-refractivity contribution in [2.24, 2.45) is 0 Å². The van der Waals surface area contributed by atoms with Gasteiger partial charge in [0.15, 0.2) is 12.3 Å². The number of aliphatic hydroxyl groups excluding tert-OH is 1. The maximum Gasteiger partial charge on any atom is 0.331 e. The predicted molar refractivity (Wildman–Crippen MR) is 92.4 cm³/mol. The normalized spacial score (nSPS) is 19.4. The van der Waals surface area contributed by atoms with Crippen LogP contribution in [0.15, 0.2) is 30.0 Å². The van der Waals surface area contributed by atoms with E-state index in [-0.39, 0.29) is 30.6 Å². The van der Waals surface area contributed by atoms with E-state index in [9.17, 15) is 28.6 Å². The quantitative estimate of drug-likeness (QED) is 0.438. The number of aliphatic hydroxyl groups is 2. The predicted octanol–water partition coefficient (Wildman–Crippen LogP) is 0.0379. The Kier molecular flexibility index (Phi) is 7.44. The number of hydrogen-bond acceptors (Lipinski definition) is 7. The topological polar surface area (TPSA) is 108 Å². The van der Waals surface area contributed by atoms with Crippen LogP contribution in [0.2, 0.25) is 0 Å². The summed E-state index contributed by atoms with van der Waals surface area (Å²) < 4.78 is 36.7. The third-order valence-electron chi connectivity index (χ3n) is 4.32. The van der Waals surface area contributed by atoms with E-state index in [2.05, 4.69) is 5.32 Å². The molecule has 3 N–H and O–H groups in total. The fourth-order valence-electron chi connectivity index (χ4n) is 2.96. The molecule has 2 atom stereocenters. The minimum Gasteiger partial charge on any atom is -0.467 e. The van der Waals surface area contributed by atoms with Crippen LogP contribution in [0, 0.1) is 11.6 Å². The van der Waals surface area contributed by atoms with Crippen molar-refractivity contribution < 1.29 is 38.1 Å². The molecule has 28 heavy (non-hydrogen) atoms. The largest absolute Gasteiger partial charge is 0.467 e. The molecule has 1 aliphatic heterocycles. The second-order valence-electron chi connectivity index (χ2n) is 6.20. The SMILES string of the molecule is COC(=O)C1C(OC)CC(C(=O)NCc2ccc(F)cc2F)=CN1CC(O)O. The molecule has 154 valence electrons. The van der Waals surface area contributed by atoms with Gasteiger partial charge in [-0.1, -0.05) is 6.07 Å². The first-order valence-corrected chi connectivity index (χ1v) is 8.42. The lowest BCUT2D eigenvalue weighted by Crippen LogP contribution is -2.53. The number of nitrogens with one attached hydrogen (secondary N) is 1. The molecule has 10 heteroatoms. The van der Waals surface area contributed by atoms with Crippen LogP contribution in [-0.4, -0.2) is 66.2 Å². The number of rotatable bonds is 7. The lowest BCUT2D eigenvalue weighted by molar-refractivity contribution is -0.155. The van der Waals surface area contributed by atoms with Gasteiger partial charge in [-0.05, 0) is 6.07 Å². The molecule has 1 heterocycles. The number of carbonyl (C=O) groups is 2. The monoisotopic (exact) mass is 400 g/mol. The summed E-state index contributed by atoms with van der Waals surface area (Å²) in [6.07, 6.45) is -1.19. The van der Waals surface area contributed by atoms with Crippen molar-refractivity contribution in [3.05, 3.63) is 47.2 Å². The summed E-state index contributed by atoms with van der Waals surface area (Å²) >= 11 is 0. The van der Waals surface area contributed by atoms with Gasteiger partial charge < -0.3 is 29.9 Å². The second kappa shape index (κ2) is 9.58. The molecule has 1 aromatic rings. The highest BCUT2D eigenvalue weighted by molar-refractivity contribution is 5.94. The average molecular weight is 400 g/mol. The highest BCUT2D eigenvalue weighted by atomic mass is 19.1. The number of halogens is 2. The molecule has 2 rings (SSSR count). The Labute approximate surface area is 160 Å². The van der Waals surface area contributed by atoms with Gasteiger partial charge in [-0.3, -0.25) is 4.79 Å². The molecule has 0 aromatic heterocycles. The zero-order valence-corrected chi connectivity index (χ0v) is 15.4. The van der Waals surface area contributed by atoms with Crippen LogP contribution in [0.4, 0.5) is 8.78 Å². The molecule has 1 amide bonds. The summed E-state index contributed by atoms with van der Waals surface area (Å²) in [6, 6.07) is 2.05. The van der Waals surface area contributed by atoms with Crippen molar-refractivity contribution in [1.29, 1.82) is 0 Å². The molecule has 0 aliphatic carbocycles. The zero-order chi connectivity index (χ0) is 20.8. The van der Waals surface area contributed by atoms with Crippen molar-refractivity contribution in [2.45, 2.75) is 31.4 Å². The van der Waals surface area contributed by atoms with Gasteiger partial charge in [0, 0.05) is 43.5 Å². The van der Waals surface area contributed by atoms with Crippen molar-refractivity contribution in [3.8, 4) is 0 Å². The van der Waals surface area contributed by atoms with E-state index < -0.39 is 41.9 Å². The molecule has 0 saturated heterocycles. The number of methoxy groups -OCH3 is 2. The number of ether oxygens (including phenoxy) is 2. The van der Waals surface area contributed by atoms with Gasteiger partial charge in [0.05, 0.1) is 19.8 Å². The fraction of sp³-hybridized carbons (Fsp3) is 0.444. The van der Waals surface area contributed by atoms with Crippen molar-refractivity contribution in [3.63, 3.8) is 0 Å². The van der Waals surface area contributed by atoms with Crippen LogP contribution in [0.1, 0.15) is 12.0 Å². The van der Waals surface area contributed by atoms with E-state index in [4.69, 9.17) is 9.47 Å². The third kappa shape index (κ3) is 5.24. The van der Waals surface area contributed by atoms with Crippen molar-refractivity contribution >= 4 is 11.9 Å². The number of amides is 1. The average Bonchev–Trinajstić information content (AvgIpc) is 2.65. The van der Waals surface area contributed by atoms with Crippen LogP contribution in [-0.2, 0) is 25.6 Å². The molecule has 0 spiro atoms. The molecule has 0 bridgehead atoms. The van der Waals surface area contributed by atoms with E-state index in [1.165, 1.54) is 31.4 Å². The third-order valence-corrected chi connectivity index (χ3v) is 4.32. The fourth-order valence-corrected chi connectivity index (χ4v) is 2.96. The van der Waals surface area contributed by atoms with Crippen LogP contribution < -0.4 is 5.32 Å². The van der Waals surface area contributed by atoms with Gasteiger partial charge >= 0.3 is 5.97 Å². The molecule has 8 nitrogen and oxygen atoms in total. The van der Waals surface area contributed by atoms with Crippen LogP contribution in [0.25, 0.3) is 0 Å². The van der Waals surface area contributed by atoms with E-state index in [1.54, 1.807) is 0 Å². The minimum atomic E-state index is -1.77. The smallest absolute Gasteiger partial charge is 0.331 e. The van der Waals surface area contributed by atoms with E-state index in [1.807, 2.05) is 0 Å².